The lowest BCUT2D eigenvalue weighted by molar-refractivity contribution is 0.0791. The third-order valence-electron chi connectivity index (χ3n) is 2.98. The summed E-state index contributed by atoms with van der Waals surface area (Å²) in [5, 5.41) is 13.0. The molecule has 1 fully saturated rings. The molecule has 0 bridgehead atoms. The Bertz CT molecular complexity index is 312. The van der Waals surface area contributed by atoms with Crippen molar-refractivity contribution in [2.75, 3.05) is 13.1 Å². The van der Waals surface area contributed by atoms with Crippen LogP contribution >= 0.6 is 0 Å². The number of hydrogen-bond donors (Lipinski definition) is 2. The van der Waals surface area contributed by atoms with Gasteiger partial charge in [-0.25, -0.2) is 4.39 Å². The number of hydrogen-bond acceptors (Lipinski definition) is 2. The van der Waals surface area contributed by atoms with E-state index in [9.17, 15) is 9.50 Å². The van der Waals surface area contributed by atoms with E-state index in [0.717, 1.165) is 31.5 Å². The van der Waals surface area contributed by atoms with Crippen LogP contribution in [-0.4, -0.2) is 24.3 Å². The molecule has 0 radical (unpaired) electrons. The second-order valence-electron chi connectivity index (χ2n) is 4.15. The van der Waals surface area contributed by atoms with E-state index in [2.05, 4.69) is 5.32 Å². The number of nitrogens with one attached hydrogen (secondary N) is 1. The number of benzene rings is 1. The molecular weight excluding hydrogens is 193 g/mol. The highest BCUT2D eigenvalue weighted by molar-refractivity contribution is 5.17. The van der Waals surface area contributed by atoms with Gasteiger partial charge in [0.1, 0.15) is 5.82 Å². The maximum absolute atomic E-state index is 12.7. The molecule has 0 aliphatic carbocycles. The highest BCUT2D eigenvalue weighted by atomic mass is 19.1. The lowest BCUT2D eigenvalue weighted by Gasteiger charge is -2.28. The third-order valence-corrected chi connectivity index (χ3v) is 2.98. The Kier molecular flexibility index (Phi) is 3.34. The highest BCUT2D eigenvalue weighted by Gasteiger charge is 2.22. The predicted octanol–water partition coefficient (Wildman–Crippen LogP) is 1.34. The summed E-state index contributed by atoms with van der Waals surface area (Å²) in [6, 6.07) is 6.52. The first-order chi connectivity index (χ1) is 7.25. The molecule has 1 aliphatic rings. The molecule has 1 aromatic rings. The molecule has 1 heterocycles. The van der Waals surface area contributed by atoms with Crippen LogP contribution in [-0.2, 0) is 6.42 Å². The Labute approximate surface area is 89.1 Å². The molecule has 0 saturated carbocycles. The minimum atomic E-state index is -0.226. The van der Waals surface area contributed by atoms with Crippen molar-refractivity contribution >= 4 is 0 Å². The first-order valence-electron chi connectivity index (χ1n) is 5.39. The lowest BCUT2D eigenvalue weighted by atomic mass is 9.90. The molecular formula is C12H16FNO. The summed E-state index contributed by atoms with van der Waals surface area (Å²) in [6.45, 7) is 1.74. The van der Waals surface area contributed by atoms with Crippen molar-refractivity contribution in [1.82, 2.24) is 5.32 Å². The molecule has 2 unspecified atom stereocenters. The van der Waals surface area contributed by atoms with Gasteiger partial charge in [0.25, 0.3) is 0 Å². The minimum Gasteiger partial charge on any atom is -0.393 e. The minimum absolute atomic E-state index is 0.207. The van der Waals surface area contributed by atoms with Gasteiger partial charge in [-0.05, 0) is 37.1 Å². The van der Waals surface area contributed by atoms with Gasteiger partial charge in [-0.3, -0.25) is 0 Å². The van der Waals surface area contributed by atoms with Crippen molar-refractivity contribution in [3.8, 4) is 0 Å². The molecule has 0 aromatic heterocycles. The van der Waals surface area contributed by atoms with Crippen molar-refractivity contribution < 1.29 is 9.50 Å². The monoisotopic (exact) mass is 209 g/mol. The van der Waals surface area contributed by atoms with E-state index in [4.69, 9.17) is 0 Å². The summed E-state index contributed by atoms with van der Waals surface area (Å²) in [4.78, 5) is 0. The van der Waals surface area contributed by atoms with Gasteiger partial charge >= 0.3 is 0 Å². The van der Waals surface area contributed by atoms with Crippen LogP contribution in [0.1, 0.15) is 12.0 Å². The Morgan fingerprint density at radius 2 is 2.07 bits per heavy atom. The summed E-state index contributed by atoms with van der Waals surface area (Å²) in [5.74, 6) is 0.0466. The van der Waals surface area contributed by atoms with E-state index in [-0.39, 0.29) is 17.8 Å². The average Bonchev–Trinajstić information content (AvgIpc) is 2.25. The van der Waals surface area contributed by atoms with E-state index >= 15 is 0 Å². The smallest absolute Gasteiger partial charge is 0.123 e. The number of piperidine rings is 1. The Morgan fingerprint density at radius 1 is 1.33 bits per heavy atom. The molecule has 2 N–H and O–H groups in total. The van der Waals surface area contributed by atoms with Gasteiger partial charge in [0.2, 0.25) is 0 Å². The van der Waals surface area contributed by atoms with Crippen LogP contribution < -0.4 is 5.32 Å². The van der Waals surface area contributed by atoms with Crippen molar-refractivity contribution in [2.24, 2.45) is 5.92 Å². The zero-order valence-corrected chi connectivity index (χ0v) is 8.62. The molecule has 2 nitrogen and oxygen atoms in total. The van der Waals surface area contributed by atoms with Crippen LogP contribution in [0.4, 0.5) is 4.39 Å². The molecule has 0 amide bonds. The largest absolute Gasteiger partial charge is 0.393 e. The second kappa shape index (κ2) is 4.73. The first kappa shape index (κ1) is 10.6. The van der Waals surface area contributed by atoms with Crippen LogP contribution in [0.3, 0.4) is 0 Å². The zero-order chi connectivity index (χ0) is 10.7. The molecule has 3 heteroatoms. The van der Waals surface area contributed by atoms with Crippen molar-refractivity contribution in [1.29, 1.82) is 0 Å². The fourth-order valence-corrected chi connectivity index (χ4v) is 2.04. The third kappa shape index (κ3) is 2.76. The van der Waals surface area contributed by atoms with E-state index < -0.39 is 0 Å². The number of aliphatic hydroxyl groups is 1. The van der Waals surface area contributed by atoms with Crippen molar-refractivity contribution in [3.63, 3.8) is 0 Å². The molecule has 1 saturated heterocycles. The Hall–Kier alpha value is -0.930. The van der Waals surface area contributed by atoms with Crippen LogP contribution in [0, 0.1) is 11.7 Å². The van der Waals surface area contributed by atoms with Crippen LogP contribution in [0.5, 0.6) is 0 Å². The van der Waals surface area contributed by atoms with E-state index in [0.29, 0.717) is 0 Å². The normalized spacial score (nSPS) is 26.5. The van der Waals surface area contributed by atoms with Gasteiger partial charge in [-0.15, -0.1) is 0 Å². The van der Waals surface area contributed by atoms with Crippen LogP contribution in [0.2, 0.25) is 0 Å². The van der Waals surface area contributed by atoms with Gasteiger partial charge in [-0.1, -0.05) is 12.1 Å². The summed E-state index contributed by atoms with van der Waals surface area (Å²) in [7, 11) is 0. The van der Waals surface area contributed by atoms with Gasteiger partial charge < -0.3 is 10.4 Å². The van der Waals surface area contributed by atoms with Crippen molar-refractivity contribution in [2.45, 2.75) is 18.9 Å². The van der Waals surface area contributed by atoms with E-state index in [1.165, 1.54) is 12.1 Å². The molecule has 2 rings (SSSR count). The SMILES string of the molecule is OC1CCNCC1Cc1ccc(F)cc1. The quantitative estimate of drug-likeness (QED) is 0.770. The number of aliphatic hydroxyl groups excluding tert-OH is 1. The molecule has 2 atom stereocenters. The predicted molar refractivity (Wildman–Crippen MR) is 57.1 cm³/mol. The standard InChI is InChI=1S/C12H16FNO/c13-11-3-1-9(2-4-11)7-10-8-14-6-5-12(10)15/h1-4,10,12,14-15H,5-8H2. The molecule has 15 heavy (non-hydrogen) atoms. The van der Waals surface area contributed by atoms with Gasteiger partial charge in [-0.2, -0.15) is 0 Å². The molecule has 0 spiro atoms. The van der Waals surface area contributed by atoms with Crippen LogP contribution in [0.25, 0.3) is 0 Å². The first-order valence-corrected chi connectivity index (χ1v) is 5.39. The lowest BCUT2D eigenvalue weighted by Crippen LogP contribution is -2.40. The van der Waals surface area contributed by atoms with Crippen LogP contribution in [0.15, 0.2) is 24.3 Å². The zero-order valence-electron chi connectivity index (χ0n) is 8.62. The Balaban J connectivity index is 1.98. The summed E-state index contributed by atoms with van der Waals surface area (Å²) in [6.07, 6.45) is 1.40. The fourth-order valence-electron chi connectivity index (χ4n) is 2.04. The van der Waals surface area contributed by atoms with Crippen molar-refractivity contribution in [3.05, 3.63) is 35.6 Å². The molecule has 82 valence electrons. The highest BCUT2D eigenvalue weighted by Crippen LogP contribution is 2.17. The van der Waals surface area contributed by atoms with E-state index in [1.807, 2.05) is 0 Å². The topological polar surface area (TPSA) is 32.3 Å². The molecule has 1 aromatic carbocycles. The average molecular weight is 209 g/mol. The Morgan fingerprint density at radius 3 is 2.73 bits per heavy atom. The number of halogens is 1. The maximum atomic E-state index is 12.7. The van der Waals surface area contributed by atoms with Gasteiger partial charge in [0.05, 0.1) is 6.10 Å². The summed E-state index contributed by atoms with van der Waals surface area (Å²) in [5.41, 5.74) is 1.09. The number of rotatable bonds is 2. The summed E-state index contributed by atoms with van der Waals surface area (Å²) >= 11 is 0. The van der Waals surface area contributed by atoms with E-state index in [1.54, 1.807) is 12.1 Å². The molecule has 1 aliphatic heterocycles. The second-order valence-corrected chi connectivity index (χ2v) is 4.15. The summed E-state index contributed by atoms with van der Waals surface area (Å²) < 4.78 is 12.7. The fraction of sp³-hybridized carbons (Fsp3) is 0.500. The maximum Gasteiger partial charge on any atom is 0.123 e. The van der Waals surface area contributed by atoms with Gasteiger partial charge in [0, 0.05) is 12.5 Å². The van der Waals surface area contributed by atoms with Gasteiger partial charge in [0.15, 0.2) is 0 Å².